The highest BCUT2D eigenvalue weighted by atomic mass is 32.2. The topological polar surface area (TPSA) is 75.2 Å². The third-order valence-corrected chi connectivity index (χ3v) is 4.97. The van der Waals surface area contributed by atoms with E-state index in [-0.39, 0.29) is 10.7 Å². The Morgan fingerprint density at radius 2 is 1.52 bits per heavy atom. The molecule has 0 saturated carbocycles. The van der Waals surface area contributed by atoms with Crippen molar-refractivity contribution in [2.45, 2.75) is 11.4 Å². The van der Waals surface area contributed by atoms with Crippen LogP contribution in [0.4, 0.5) is 11.6 Å². The number of benzene rings is 2. The van der Waals surface area contributed by atoms with Gasteiger partial charge in [-0.2, -0.15) is 0 Å². The molecule has 0 spiro atoms. The quantitative estimate of drug-likeness (QED) is 0.737. The van der Waals surface area contributed by atoms with E-state index in [4.69, 9.17) is 0 Å². The van der Waals surface area contributed by atoms with Crippen LogP contribution in [-0.4, -0.2) is 25.7 Å². The van der Waals surface area contributed by atoms with Gasteiger partial charge >= 0.3 is 0 Å². The van der Waals surface area contributed by atoms with Gasteiger partial charge in [0.05, 0.1) is 4.90 Å². The fraction of sp³-hybridized carbons (Fsp3) is 0.111. The normalized spacial score (nSPS) is 11.1. The lowest BCUT2D eigenvalue weighted by molar-refractivity contribution is 0.601. The fourth-order valence-electron chi connectivity index (χ4n) is 2.32. The summed E-state index contributed by atoms with van der Waals surface area (Å²) in [5, 5.41) is 8.07. The zero-order valence-electron chi connectivity index (χ0n) is 13.7. The first-order valence-electron chi connectivity index (χ1n) is 7.71. The lowest BCUT2D eigenvalue weighted by atomic mass is 10.2. The number of hydrogen-bond donors (Lipinski definition) is 1. The molecule has 1 heterocycles. The number of anilines is 2. The van der Waals surface area contributed by atoms with Crippen molar-refractivity contribution in [1.29, 1.82) is 0 Å². The van der Waals surface area contributed by atoms with Crippen LogP contribution in [0.15, 0.2) is 77.7 Å². The van der Waals surface area contributed by atoms with Crippen LogP contribution in [0.25, 0.3) is 0 Å². The zero-order valence-corrected chi connectivity index (χ0v) is 14.5. The molecular formula is C18H18N4O2S. The van der Waals surface area contributed by atoms with E-state index in [2.05, 4.69) is 14.9 Å². The Labute approximate surface area is 147 Å². The van der Waals surface area contributed by atoms with Crippen molar-refractivity contribution in [3.63, 3.8) is 0 Å². The fourth-order valence-corrected chi connectivity index (χ4v) is 3.34. The summed E-state index contributed by atoms with van der Waals surface area (Å²) in [7, 11) is -1.75. The van der Waals surface area contributed by atoms with Crippen LogP contribution in [0, 0.1) is 0 Å². The highest BCUT2D eigenvalue weighted by molar-refractivity contribution is 7.92. The van der Waals surface area contributed by atoms with Crippen molar-refractivity contribution in [2.24, 2.45) is 0 Å². The van der Waals surface area contributed by atoms with Gasteiger partial charge in [-0.05, 0) is 29.8 Å². The molecule has 1 aromatic heterocycles. The Bertz CT molecular complexity index is 914. The van der Waals surface area contributed by atoms with Crippen LogP contribution < -0.4 is 9.62 Å². The number of nitrogens with zero attached hydrogens (tertiary/aromatic N) is 3. The maximum absolute atomic E-state index is 12.3. The van der Waals surface area contributed by atoms with Crippen molar-refractivity contribution in [2.75, 3.05) is 16.7 Å². The minimum atomic E-state index is -3.66. The third-order valence-electron chi connectivity index (χ3n) is 3.60. The number of aromatic nitrogens is 2. The third kappa shape index (κ3) is 4.33. The van der Waals surface area contributed by atoms with Gasteiger partial charge < -0.3 is 4.90 Å². The van der Waals surface area contributed by atoms with Gasteiger partial charge in [-0.3, -0.25) is 4.72 Å². The Kier molecular flexibility index (Phi) is 4.95. The maximum atomic E-state index is 12.3. The summed E-state index contributed by atoms with van der Waals surface area (Å²) in [5.74, 6) is 0.840. The van der Waals surface area contributed by atoms with Gasteiger partial charge in [0, 0.05) is 13.6 Å². The van der Waals surface area contributed by atoms with E-state index in [0.717, 1.165) is 5.56 Å². The monoisotopic (exact) mass is 354 g/mol. The minimum Gasteiger partial charge on any atom is -0.354 e. The second-order valence-electron chi connectivity index (χ2n) is 5.54. The van der Waals surface area contributed by atoms with Crippen LogP contribution in [0.3, 0.4) is 0 Å². The van der Waals surface area contributed by atoms with Gasteiger partial charge in [-0.15, -0.1) is 10.2 Å². The lowest BCUT2D eigenvalue weighted by Gasteiger charge is -2.17. The highest BCUT2D eigenvalue weighted by Gasteiger charge is 2.14. The molecule has 0 amide bonds. The highest BCUT2D eigenvalue weighted by Crippen LogP contribution is 2.16. The summed E-state index contributed by atoms with van der Waals surface area (Å²) < 4.78 is 27.0. The predicted molar refractivity (Wildman–Crippen MR) is 97.8 cm³/mol. The van der Waals surface area contributed by atoms with E-state index in [9.17, 15) is 8.42 Å². The molecular weight excluding hydrogens is 336 g/mol. The summed E-state index contributed by atoms with van der Waals surface area (Å²) in [6, 6.07) is 21.5. The standard InChI is InChI=1S/C18H18N4O2S/c1-22(14-15-8-4-2-5-9-15)18-13-12-17(19-20-18)21-25(23,24)16-10-6-3-7-11-16/h2-13H,14H2,1H3,(H,19,21). The van der Waals surface area contributed by atoms with Crippen LogP contribution in [0.1, 0.15) is 5.56 Å². The summed E-state index contributed by atoms with van der Waals surface area (Å²) >= 11 is 0. The molecule has 0 bridgehead atoms. The van der Waals surface area contributed by atoms with Gasteiger partial charge in [0.1, 0.15) is 0 Å². The van der Waals surface area contributed by atoms with Gasteiger partial charge in [-0.25, -0.2) is 8.42 Å². The van der Waals surface area contributed by atoms with Crippen molar-refractivity contribution in [3.8, 4) is 0 Å². The van der Waals surface area contributed by atoms with Crippen LogP contribution in [0.2, 0.25) is 0 Å². The molecule has 3 aromatic rings. The first-order chi connectivity index (χ1) is 12.0. The van der Waals surface area contributed by atoms with E-state index in [1.807, 2.05) is 42.3 Å². The first kappa shape index (κ1) is 16.9. The zero-order chi connectivity index (χ0) is 17.7. The largest absolute Gasteiger partial charge is 0.354 e. The number of rotatable bonds is 6. The molecule has 0 fully saturated rings. The molecule has 0 radical (unpaired) electrons. The number of sulfonamides is 1. The second-order valence-corrected chi connectivity index (χ2v) is 7.22. The van der Waals surface area contributed by atoms with Crippen LogP contribution >= 0.6 is 0 Å². The molecule has 0 aliphatic heterocycles. The average molecular weight is 354 g/mol. The predicted octanol–water partition coefficient (Wildman–Crippen LogP) is 2.91. The molecule has 0 unspecified atom stereocenters. The van der Waals surface area contributed by atoms with E-state index in [1.54, 1.807) is 30.3 Å². The van der Waals surface area contributed by atoms with Gasteiger partial charge in [0.25, 0.3) is 10.0 Å². The molecule has 25 heavy (non-hydrogen) atoms. The minimum absolute atomic E-state index is 0.181. The van der Waals surface area contributed by atoms with E-state index < -0.39 is 10.0 Å². The van der Waals surface area contributed by atoms with Crippen LogP contribution in [-0.2, 0) is 16.6 Å². The summed E-state index contributed by atoms with van der Waals surface area (Å²) in [6.45, 7) is 0.685. The molecule has 0 aliphatic carbocycles. The molecule has 1 N–H and O–H groups in total. The van der Waals surface area contributed by atoms with Gasteiger partial charge in [0.15, 0.2) is 11.6 Å². The summed E-state index contributed by atoms with van der Waals surface area (Å²) in [4.78, 5) is 2.12. The Balaban J connectivity index is 1.70. The van der Waals surface area contributed by atoms with Crippen LogP contribution in [0.5, 0.6) is 0 Å². The maximum Gasteiger partial charge on any atom is 0.263 e. The SMILES string of the molecule is CN(Cc1ccccc1)c1ccc(NS(=O)(=O)c2ccccc2)nn1. The molecule has 6 nitrogen and oxygen atoms in total. The Morgan fingerprint density at radius 1 is 0.880 bits per heavy atom. The number of nitrogens with one attached hydrogen (secondary N) is 1. The lowest BCUT2D eigenvalue weighted by Crippen LogP contribution is -2.19. The van der Waals surface area contributed by atoms with E-state index >= 15 is 0 Å². The summed E-state index contributed by atoms with van der Waals surface area (Å²) in [5.41, 5.74) is 1.15. The van der Waals surface area contributed by atoms with E-state index in [1.165, 1.54) is 12.1 Å². The Hall–Kier alpha value is -2.93. The molecule has 0 aliphatic rings. The molecule has 7 heteroatoms. The molecule has 0 saturated heterocycles. The smallest absolute Gasteiger partial charge is 0.263 e. The first-order valence-corrected chi connectivity index (χ1v) is 9.19. The van der Waals surface area contributed by atoms with Crippen molar-refractivity contribution in [3.05, 3.63) is 78.4 Å². The molecule has 0 atom stereocenters. The molecule has 2 aromatic carbocycles. The van der Waals surface area contributed by atoms with Crippen molar-refractivity contribution >= 4 is 21.7 Å². The molecule has 128 valence electrons. The van der Waals surface area contributed by atoms with E-state index in [0.29, 0.717) is 12.4 Å². The van der Waals surface area contributed by atoms with Crippen molar-refractivity contribution < 1.29 is 8.42 Å². The van der Waals surface area contributed by atoms with Crippen molar-refractivity contribution in [1.82, 2.24) is 10.2 Å². The second kappa shape index (κ2) is 7.31. The summed E-state index contributed by atoms with van der Waals surface area (Å²) in [6.07, 6.45) is 0. The average Bonchev–Trinajstić information content (AvgIpc) is 2.63. The molecule has 3 rings (SSSR count). The van der Waals surface area contributed by atoms with Gasteiger partial charge in [-0.1, -0.05) is 48.5 Å². The Morgan fingerprint density at radius 3 is 2.12 bits per heavy atom. The number of hydrogen-bond acceptors (Lipinski definition) is 5. The van der Waals surface area contributed by atoms with Gasteiger partial charge in [0.2, 0.25) is 0 Å².